The normalized spacial score (nSPS) is 15.3. The topological polar surface area (TPSA) is 45.2 Å². The van der Waals surface area contributed by atoms with Crippen LogP contribution in [-0.2, 0) is 0 Å². The van der Waals surface area contributed by atoms with Crippen molar-refractivity contribution >= 4 is 32.6 Å². The number of hydrogen-bond donors (Lipinski definition) is 1. The van der Waals surface area contributed by atoms with E-state index in [-0.39, 0.29) is 5.91 Å². The summed E-state index contributed by atoms with van der Waals surface area (Å²) in [5.74, 6) is 0.574. The number of benzene rings is 2. The van der Waals surface area contributed by atoms with Crippen LogP contribution in [0.3, 0.4) is 0 Å². The van der Waals surface area contributed by atoms with Crippen LogP contribution in [-0.4, -0.2) is 30.5 Å². The van der Waals surface area contributed by atoms with E-state index < -0.39 is 0 Å². The number of aryl methyl sites for hydroxylation is 1. The predicted molar refractivity (Wildman–Crippen MR) is 108 cm³/mol. The lowest BCUT2D eigenvalue weighted by Crippen LogP contribution is -2.38. The molecule has 0 saturated carbocycles. The molecule has 0 radical (unpaired) electrons. The van der Waals surface area contributed by atoms with E-state index in [1.807, 2.05) is 37.3 Å². The third-order valence-corrected chi connectivity index (χ3v) is 6.21. The van der Waals surface area contributed by atoms with Gasteiger partial charge in [-0.25, -0.2) is 4.98 Å². The average Bonchev–Trinajstić information content (AvgIpc) is 3.11. The number of rotatable bonds is 4. The minimum absolute atomic E-state index is 0.0386. The summed E-state index contributed by atoms with van der Waals surface area (Å²) in [5, 5.41) is 4.23. The van der Waals surface area contributed by atoms with Crippen LogP contribution in [0.1, 0.15) is 28.8 Å². The fourth-order valence-corrected chi connectivity index (χ4v) is 4.50. The van der Waals surface area contributed by atoms with Crippen molar-refractivity contribution in [3.8, 4) is 0 Å². The van der Waals surface area contributed by atoms with E-state index >= 15 is 0 Å². The molecule has 2 aromatic carbocycles. The van der Waals surface area contributed by atoms with Crippen LogP contribution < -0.4 is 10.2 Å². The van der Waals surface area contributed by atoms with Gasteiger partial charge in [-0.15, -0.1) is 0 Å². The Balaban J connectivity index is 1.31. The second-order valence-electron chi connectivity index (χ2n) is 6.92. The SMILES string of the molecule is Cc1ccccc1C(=O)NCC1CCN(c2nc3ccccc3s2)CC1. The lowest BCUT2D eigenvalue weighted by Gasteiger charge is -2.31. The number of nitrogens with zero attached hydrogens (tertiary/aromatic N) is 2. The second kappa shape index (κ2) is 7.46. The molecule has 1 aromatic heterocycles. The van der Waals surface area contributed by atoms with Crippen LogP contribution in [0.25, 0.3) is 10.2 Å². The summed E-state index contributed by atoms with van der Waals surface area (Å²) in [6, 6.07) is 16.0. The number of fused-ring (bicyclic) bond motifs is 1. The van der Waals surface area contributed by atoms with Gasteiger partial charge in [0.2, 0.25) is 0 Å². The molecule has 2 heterocycles. The quantitative estimate of drug-likeness (QED) is 0.752. The zero-order valence-corrected chi connectivity index (χ0v) is 15.8. The van der Waals surface area contributed by atoms with E-state index in [4.69, 9.17) is 4.98 Å². The number of amides is 1. The molecule has 1 amide bonds. The molecule has 4 nitrogen and oxygen atoms in total. The summed E-state index contributed by atoms with van der Waals surface area (Å²) in [4.78, 5) is 19.5. The van der Waals surface area contributed by atoms with Gasteiger partial charge >= 0.3 is 0 Å². The zero-order chi connectivity index (χ0) is 17.9. The fourth-order valence-electron chi connectivity index (χ4n) is 3.48. The van der Waals surface area contributed by atoms with Crippen LogP contribution in [0.4, 0.5) is 5.13 Å². The number of carbonyl (C=O) groups is 1. The van der Waals surface area contributed by atoms with Gasteiger partial charge in [-0.3, -0.25) is 4.79 Å². The summed E-state index contributed by atoms with van der Waals surface area (Å²) < 4.78 is 1.25. The lowest BCUT2D eigenvalue weighted by molar-refractivity contribution is 0.0944. The van der Waals surface area contributed by atoms with Crippen molar-refractivity contribution in [2.75, 3.05) is 24.5 Å². The maximum Gasteiger partial charge on any atom is 0.251 e. The van der Waals surface area contributed by atoms with Gasteiger partial charge in [-0.05, 0) is 49.4 Å². The molecule has 1 saturated heterocycles. The summed E-state index contributed by atoms with van der Waals surface area (Å²) in [6.07, 6.45) is 2.17. The Labute approximate surface area is 157 Å². The first-order chi connectivity index (χ1) is 12.7. The van der Waals surface area contributed by atoms with Crippen molar-refractivity contribution in [2.24, 2.45) is 5.92 Å². The average molecular weight is 366 g/mol. The van der Waals surface area contributed by atoms with Crippen molar-refractivity contribution in [3.63, 3.8) is 0 Å². The molecule has 0 unspecified atom stereocenters. The lowest BCUT2D eigenvalue weighted by atomic mass is 9.97. The van der Waals surface area contributed by atoms with Crippen LogP contribution in [0, 0.1) is 12.8 Å². The van der Waals surface area contributed by atoms with Crippen LogP contribution in [0.15, 0.2) is 48.5 Å². The summed E-state index contributed by atoms with van der Waals surface area (Å²) in [5.41, 5.74) is 2.88. The number of aromatic nitrogens is 1. The molecule has 5 heteroatoms. The molecule has 4 rings (SSSR count). The largest absolute Gasteiger partial charge is 0.352 e. The molecule has 0 atom stereocenters. The Morgan fingerprint density at radius 1 is 1.15 bits per heavy atom. The molecule has 1 fully saturated rings. The molecule has 0 aliphatic carbocycles. The van der Waals surface area contributed by atoms with Gasteiger partial charge in [0.05, 0.1) is 10.2 Å². The predicted octanol–water partition coefficient (Wildman–Crippen LogP) is 4.25. The Morgan fingerprint density at radius 3 is 2.65 bits per heavy atom. The number of anilines is 1. The molecule has 3 aromatic rings. The second-order valence-corrected chi connectivity index (χ2v) is 7.93. The molecule has 134 valence electrons. The minimum Gasteiger partial charge on any atom is -0.352 e. The molecule has 26 heavy (non-hydrogen) atoms. The number of piperidine rings is 1. The number of hydrogen-bond acceptors (Lipinski definition) is 4. The Bertz CT molecular complexity index is 879. The number of carbonyl (C=O) groups excluding carboxylic acids is 1. The number of para-hydroxylation sites is 1. The van der Waals surface area contributed by atoms with Gasteiger partial charge in [-0.2, -0.15) is 0 Å². The molecular weight excluding hydrogens is 342 g/mol. The highest BCUT2D eigenvalue weighted by atomic mass is 32.1. The van der Waals surface area contributed by atoms with Crippen LogP contribution in [0.5, 0.6) is 0 Å². The number of thiazole rings is 1. The first kappa shape index (κ1) is 17.0. The highest BCUT2D eigenvalue weighted by molar-refractivity contribution is 7.22. The van der Waals surface area contributed by atoms with E-state index in [0.29, 0.717) is 5.92 Å². The molecule has 0 spiro atoms. The number of nitrogens with one attached hydrogen (secondary N) is 1. The Kier molecular flexibility index (Phi) is 4.89. The fraction of sp³-hybridized carbons (Fsp3) is 0.333. The molecule has 1 aliphatic heterocycles. The van der Waals surface area contributed by atoms with Crippen LogP contribution in [0.2, 0.25) is 0 Å². The van der Waals surface area contributed by atoms with E-state index in [1.165, 1.54) is 4.70 Å². The van der Waals surface area contributed by atoms with Crippen molar-refractivity contribution in [3.05, 3.63) is 59.7 Å². The van der Waals surface area contributed by atoms with Gasteiger partial charge in [-0.1, -0.05) is 41.7 Å². The monoisotopic (exact) mass is 365 g/mol. The van der Waals surface area contributed by atoms with E-state index in [9.17, 15) is 4.79 Å². The third kappa shape index (κ3) is 3.58. The molecule has 1 aliphatic rings. The van der Waals surface area contributed by atoms with Gasteiger partial charge in [0.1, 0.15) is 0 Å². The standard InChI is InChI=1S/C21H23N3OS/c1-15-6-2-3-7-17(15)20(25)22-14-16-10-12-24(13-11-16)21-23-18-8-4-5-9-19(18)26-21/h2-9,16H,10-14H2,1H3,(H,22,25). The third-order valence-electron chi connectivity index (χ3n) is 5.11. The van der Waals surface area contributed by atoms with Gasteiger partial charge < -0.3 is 10.2 Å². The van der Waals surface area contributed by atoms with Gasteiger partial charge in [0.25, 0.3) is 5.91 Å². The summed E-state index contributed by atoms with van der Waals surface area (Å²) in [7, 11) is 0. The summed E-state index contributed by atoms with van der Waals surface area (Å²) in [6.45, 7) is 4.74. The maximum atomic E-state index is 12.4. The minimum atomic E-state index is 0.0386. The van der Waals surface area contributed by atoms with Crippen LogP contribution >= 0.6 is 11.3 Å². The van der Waals surface area contributed by atoms with Crippen molar-refractivity contribution in [1.29, 1.82) is 0 Å². The van der Waals surface area contributed by atoms with E-state index in [2.05, 4.69) is 28.4 Å². The highest BCUT2D eigenvalue weighted by Crippen LogP contribution is 2.31. The first-order valence-electron chi connectivity index (χ1n) is 9.15. The zero-order valence-electron chi connectivity index (χ0n) is 14.9. The smallest absolute Gasteiger partial charge is 0.251 e. The maximum absolute atomic E-state index is 12.4. The van der Waals surface area contributed by atoms with Gasteiger partial charge in [0.15, 0.2) is 5.13 Å². The van der Waals surface area contributed by atoms with E-state index in [0.717, 1.165) is 54.3 Å². The Hall–Kier alpha value is -2.40. The van der Waals surface area contributed by atoms with Gasteiger partial charge in [0, 0.05) is 25.2 Å². The van der Waals surface area contributed by atoms with E-state index in [1.54, 1.807) is 11.3 Å². The first-order valence-corrected chi connectivity index (χ1v) is 9.97. The molecular formula is C21H23N3OS. The summed E-state index contributed by atoms with van der Waals surface area (Å²) >= 11 is 1.77. The highest BCUT2D eigenvalue weighted by Gasteiger charge is 2.22. The van der Waals surface area contributed by atoms with Crippen molar-refractivity contribution in [1.82, 2.24) is 10.3 Å². The Morgan fingerprint density at radius 2 is 1.88 bits per heavy atom. The van der Waals surface area contributed by atoms with Crippen molar-refractivity contribution < 1.29 is 4.79 Å². The molecule has 0 bridgehead atoms. The van der Waals surface area contributed by atoms with Crippen molar-refractivity contribution in [2.45, 2.75) is 19.8 Å². The molecule has 1 N–H and O–H groups in total.